The van der Waals surface area contributed by atoms with Crippen LogP contribution in [0.1, 0.15) is 34.9 Å². The quantitative estimate of drug-likeness (QED) is 0.622. The van der Waals surface area contributed by atoms with Crippen LogP contribution in [0.15, 0.2) is 40.3 Å². The number of imidazole rings is 1. The Balaban J connectivity index is 1.77. The Morgan fingerprint density at radius 1 is 1.40 bits per heavy atom. The molecule has 30 heavy (non-hydrogen) atoms. The number of rotatable bonds is 5. The van der Waals surface area contributed by atoms with Gasteiger partial charge < -0.3 is 15.1 Å². The molecule has 3 aromatic rings. The van der Waals surface area contributed by atoms with Crippen molar-refractivity contribution in [3.63, 3.8) is 0 Å². The van der Waals surface area contributed by atoms with Crippen molar-refractivity contribution in [3.05, 3.63) is 58.7 Å². The molecule has 9 nitrogen and oxygen atoms in total. The van der Waals surface area contributed by atoms with Gasteiger partial charge in [0.15, 0.2) is 0 Å². The minimum atomic E-state index is -0.597. The van der Waals surface area contributed by atoms with Gasteiger partial charge in [0.25, 0.3) is 11.5 Å². The van der Waals surface area contributed by atoms with Crippen molar-refractivity contribution in [1.82, 2.24) is 24.6 Å². The molecule has 4 rings (SSSR count). The van der Waals surface area contributed by atoms with Gasteiger partial charge in [-0.2, -0.15) is 0 Å². The number of hydrogen-bond acceptors (Lipinski definition) is 5. The Kier molecular flexibility index (Phi) is 5.03. The number of nitrogens with one attached hydrogen (secondary N) is 2. The van der Waals surface area contributed by atoms with E-state index in [1.807, 2.05) is 19.9 Å². The van der Waals surface area contributed by atoms with Crippen LogP contribution in [-0.2, 0) is 11.3 Å². The Labute approximate surface area is 172 Å². The van der Waals surface area contributed by atoms with Crippen molar-refractivity contribution >= 4 is 17.5 Å². The molecule has 0 spiro atoms. The fourth-order valence-corrected chi connectivity index (χ4v) is 3.74. The summed E-state index contributed by atoms with van der Waals surface area (Å²) in [6.45, 7) is 8.29. The molecule has 9 heteroatoms. The van der Waals surface area contributed by atoms with E-state index < -0.39 is 11.9 Å². The molecule has 1 saturated heterocycles. The monoisotopic (exact) mass is 409 g/mol. The first-order valence-electron chi connectivity index (χ1n) is 9.78. The van der Waals surface area contributed by atoms with Crippen LogP contribution in [-0.4, -0.2) is 38.4 Å². The molecule has 0 radical (unpaired) electrons. The number of aryl methyl sites for hydroxylation is 2. The second-order valence-corrected chi connectivity index (χ2v) is 7.36. The molecule has 3 aromatic heterocycles. The van der Waals surface area contributed by atoms with Crippen LogP contribution in [0.2, 0.25) is 0 Å². The largest absolute Gasteiger partial charge is 0.466 e. The van der Waals surface area contributed by atoms with E-state index in [0.29, 0.717) is 24.4 Å². The summed E-state index contributed by atoms with van der Waals surface area (Å²) in [6, 6.07) is 1.27. The van der Waals surface area contributed by atoms with Crippen molar-refractivity contribution in [3.8, 4) is 11.3 Å². The Morgan fingerprint density at radius 2 is 2.20 bits per heavy atom. The zero-order valence-electron chi connectivity index (χ0n) is 16.9. The zero-order chi connectivity index (χ0) is 21.4. The van der Waals surface area contributed by atoms with E-state index >= 15 is 0 Å². The van der Waals surface area contributed by atoms with Crippen LogP contribution >= 0.6 is 0 Å². The number of hydrogen-bond donors (Lipinski definition) is 2. The number of carbonyl (C=O) groups is 2. The highest BCUT2D eigenvalue weighted by atomic mass is 16.3. The predicted octanol–water partition coefficient (Wildman–Crippen LogP) is 1.57. The zero-order valence-corrected chi connectivity index (χ0v) is 16.9. The Bertz CT molecular complexity index is 1220. The summed E-state index contributed by atoms with van der Waals surface area (Å²) < 4.78 is 8.71. The Morgan fingerprint density at radius 3 is 2.87 bits per heavy atom. The lowest BCUT2D eigenvalue weighted by Gasteiger charge is -2.22. The van der Waals surface area contributed by atoms with E-state index in [1.54, 1.807) is 16.8 Å². The van der Waals surface area contributed by atoms with Gasteiger partial charge in [-0.15, -0.1) is 6.58 Å². The van der Waals surface area contributed by atoms with Gasteiger partial charge in [-0.25, -0.2) is 4.98 Å². The molecule has 2 N–H and O–H groups in total. The van der Waals surface area contributed by atoms with Crippen LogP contribution in [0.25, 0.3) is 16.9 Å². The van der Waals surface area contributed by atoms with Gasteiger partial charge in [0.05, 0.1) is 5.69 Å². The first kappa shape index (κ1) is 19.7. The van der Waals surface area contributed by atoms with E-state index in [1.165, 1.54) is 10.6 Å². The molecule has 1 fully saturated rings. The average molecular weight is 409 g/mol. The number of amides is 2. The number of aromatic nitrogens is 3. The maximum atomic E-state index is 13.1. The lowest BCUT2D eigenvalue weighted by atomic mass is 10.1. The molecule has 2 amide bonds. The summed E-state index contributed by atoms with van der Waals surface area (Å²) in [5.41, 5.74) is 1.27. The van der Waals surface area contributed by atoms with Crippen molar-refractivity contribution in [2.45, 2.75) is 39.3 Å². The highest BCUT2D eigenvalue weighted by Gasteiger charge is 2.25. The average Bonchev–Trinajstić information content (AvgIpc) is 3.28. The van der Waals surface area contributed by atoms with Crippen LogP contribution in [0.4, 0.5) is 0 Å². The summed E-state index contributed by atoms with van der Waals surface area (Å²) >= 11 is 0. The third-order valence-corrected chi connectivity index (χ3v) is 5.17. The summed E-state index contributed by atoms with van der Waals surface area (Å²) in [6.07, 6.45) is 6.23. The number of piperidine rings is 1. The normalized spacial score (nSPS) is 16.5. The van der Waals surface area contributed by atoms with E-state index in [9.17, 15) is 14.4 Å². The maximum Gasteiger partial charge on any atom is 0.295 e. The molecular weight excluding hydrogens is 386 g/mol. The number of fused-ring (bicyclic) bond motifs is 1. The predicted molar refractivity (Wildman–Crippen MR) is 110 cm³/mol. The second kappa shape index (κ2) is 7.66. The molecule has 0 unspecified atom stereocenters. The molecule has 1 aliphatic rings. The van der Waals surface area contributed by atoms with Gasteiger partial charge in [0.2, 0.25) is 11.6 Å². The minimum Gasteiger partial charge on any atom is -0.466 e. The SMILES string of the molecule is C=CCn1c(-c2cc(C)oc2C)cn2cc(C(=O)N[C@H]3CCCNC3=O)nc2c1=O. The third-order valence-electron chi connectivity index (χ3n) is 5.17. The van der Waals surface area contributed by atoms with Crippen LogP contribution < -0.4 is 16.2 Å². The fraction of sp³-hybridized carbons (Fsp3) is 0.333. The lowest BCUT2D eigenvalue weighted by molar-refractivity contribution is -0.124. The molecule has 156 valence electrons. The number of nitrogens with zero attached hydrogens (tertiary/aromatic N) is 3. The van der Waals surface area contributed by atoms with Gasteiger partial charge in [0, 0.05) is 31.0 Å². The molecule has 0 aromatic carbocycles. The third kappa shape index (κ3) is 3.42. The minimum absolute atomic E-state index is 0.0767. The molecular formula is C21H23N5O4. The molecule has 4 heterocycles. The van der Waals surface area contributed by atoms with Gasteiger partial charge in [-0.1, -0.05) is 6.08 Å². The highest BCUT2D eigenvalue weighted by molar-refractivity contribution is 5.96. The first-order chi connectivity index (χ1) is 14.4. The number of allylic oxidation sites excluding steroid dienone is 1. The molecule has 0 aliphatic carbocycles. The van der Waals surface area contributed by atoms with Crippen molar-refractivity contribution in [2.24, 2.45) is 0 Å². The number of furan rings is 1. The van der Waals surface area contributed by atoms with Gasteiger partial charge in [-0.05, 0) is 32.8 Å². The molecule has 0 bridgehead atoms. The van der Waals surface area contributed by atoms with E-state index in [-0.39, 0.29) is 29.4 Å². The smallest absolute Gasteiger partial charge is 0.295 e. The van der Waals surface area contributed by atoms with E-state index in [0.717, 1.165) is 17.7 Å². The Hall–Kier alpha value is -3.62. The topological polar surface area (TPSA) is 111 Å². The van der Waals surface area contributed by atoms with Gasteiger partial charge >= 0.3 is 0 Å². The molecule has 1 aliphatic heterocycles. The van der Waals surface area contributed by atoms with E-state index in [2.05, 4.69) is 22.2 Å². The summed E-state index contributed by atoms with van der Waals surface area (Å²) in [5, 5.41) is 5.43. The van der Waals surface area contributed by atoms with E-state index in [4.69, 9.17) is 4.42 Å². The maximum absolute atomic E-state index is 13.1. The van der Waals surface area contributed by atoms with Gasteiger partial charge in [0.1, 0.15) is 23.3 Å². The van der Waals surface area contributed by atoms with Crippen molar-refractivity contribution < 1.29 is 14.0 Å². The van der Waals surface area contributed by atoms with Gasteiger partial charge in [-0.3, -0.25) is 23.4 Å². The van der Waals surface area contributed by atoms with Crippen LogP contribution in [0, 0.1) is 13.8 Å². The van der Waals surface area contributed by atoms with Crippen molar-refractivity contribution in [2.75, 3.05) is 6.54 Å². The summed E-state index contributed by atoms with van der Waals surface area (Å²) in [4.78, 5) is 41.9. The molecule has 0 saturated carbocycles. The first-order valence-corrected chi connectivity index (χ1v) is 9.78. The summed E-state index contributed by atoms with van der Waals surface area (Å²) in [7, 11) is 0. The second-order valence-electron chi connectivity index (χ2n) is 7.36. The summed E-state index contributed by atoms with van der Waals surface area (Å²) in [5.74, 6) is 0.717. The lowest BCUT2D eigenvalue weighted by Crippen LogP contribution is -2.50. The van der Waals surface area contributed by atoms with Crippen LogP contribution in [0.3, 0.4) is 0 Å². The standard InChI is InChI=1S/C21H23N5O4/c1-4-8-26-17(14-9-12(2)30-13(14)3)11-25-10-16(23-18(25)21(26)29)20(28)24-15-6-5-7-22-19(15)27/h4,9-11,15H,1,5-8H2,2-3H3,(H,22,27)(H,24,28)/t15-/m0/s1. The fourth-order valence-electron chi connectivity index (χ4n) is 3.74. The molecule has 1 atom stereocenters. The number of carbonyl (C=O) groups excluding carboxylic acids is 2. The highest BCUT2D eigenvalue weighted by Crippen LogP contribution is 2.26. The van der Waals surface area contributed by atoms with Crippen LogP contribution in [0.5, 0.6) is 0 Å². The van der Waals surface area contributed by atoms with Crippen molar-refractivity contribution in [1.29, 1.82) is 0 Å².